The number of hydrogen-bond donors (Lipinski definition) is 1. The summed E-state index contributed by atoms with van der Waals surface area (Å²) >= 11 is 0. The van der Waals surface area contributed by atoms with Crippen LogP contribution in [-0.2, 0) is 0 Å². The third kappa shape index (κ3) is 1.67. The normalized spacial score (nSPS) is 29.9. The molecule has 18 heavy (non-hydrogen) atoms. The van der Waals surface area contributed by atoms with Crippen LogP contribution in [0.15, 0.2) is 18.2 Å². The standard InChI is InChI=1S/C14H18N2O2/c1-9-4-2-5-10(9)12-8-15-14-11(12)6-3-7-13(14)16(17)18/h3,6-7,9-10,12,15H,2,4-5,8H2,1H3. The van der Waals surface area contributed by atoms with Crippen molar-refractivity contribution in [1.29, 1.82) is 0 Å². The molecular formula is C14H18N2O2. The number of anilines is 1. The number of hydrogen-bond acceptors (Lipinski definition) is 3. The number of para-hydroxylation sites is 1. The van der Waals surface area contributed by atoms with Gasteiger partial charge in [0.1, 0.15) is 5.69 Å². The largest absolute Gasteiger partial charge is 0.379 e. The van der Waals surface area contributed by atoms with Gasteiger partial charge in [-0.15, -0.1) is 0 Å². The minimum atomic E-state index is -0.285. The van der Waals surface area contributed by atoms with Crippen molar-refractivity contribution < 1.29 is 4.92 Å². The van der Waals surface area contributed by atoms with Crippen LogP contribution < -0.4 is 5.32 Å². The summed E-state index contributed by atoms with van der Waals surface area (Å²) in [5.41, 5.74) is 2.13. The number of nitro benzene ring substituents is 1. The number of fused-ring (bicyclic) bond motifs is 1. The molecule has 3 rings (SSSR count). The maximum Gasteiger partial charge on any atom is 0.292 e. The molecule has 1 saturated carbocycles. The second-order valence-corrected chi connectivity index (χ2v) is 5.56. The summed E-state index contributed by atoms with van der Waals surface area (Å²) in [7, 11) is 0. The Morgan fingerprint density at radius 1 is 1.39 bits per heavy atom. The van der Waals surface area contributed by atoms with E-state index in [2.05, 4.69) is 18.3 Å². The molecule has 1 aromatic rings. The van der Waals surface area contributed by atoms with Crippen molar-refractivity contribution in [3.8, 4) is 0 Å². The third-order valence-corrected chi connectivity index (χ3v) is 4.61. The number of rotatable bonds is 2. The summed E-state index contributed by atoms with van der Waals surface area (Å²) in [4.78, 5) is 10.7. The second-order valence-electron chi connectivity index (χ2n) is 5.56. The zero-order chi connectivity index (χ0) is 12.7. The van der Waals surface area contributed by atoms with E-state index in [9.17, 15) is 10.1 Å². The molecule has 0 radical (unpaired) electrons. The van der Waals surface area contributed by atoms with Gasteiger partial charge in [0, 0.05) is 18.5 Å². The van der Waals surface area contributed by atoms with Crippen LogP contribution in [0.25, 0.3) is 0 Å². The average molecular weight is 246 g/mol. The van der Waals surface area contributed by atoms with Gasteiger partial charge in [0.25, 0.3) is 5.69 Å². The van der Waals surface area contributed by atoms with Crippen molar-refractivity contribution in [3.63, 3.8) is 0 Å². The predicted molar refractivity (Wildman–Crippen MR) is 70.8 cm³/mol. The fourth-order valence-electron chi connectivity index (χ4n) is 3.69. The maximum absolute atomic E-state index is 11.0. The van der Waals surface area contributed by atoms with Gasteiger partial charge in [-0.3, -0.25) is 10.1 Å². The molecule has 96 valence electrons. The summed E-state index contributed by atoms with van der Waals surface area (Å²) in [6, 6.07) is 5.46. The molecule has 3 unspecified atom stereocenters. The molecule has 4 heteroatoms. The fourth-order valence-corrected chi connectivity index (χ4v) is 3.69. The number of benzene rings is 1. The lowest BCUT2D eigenvalue weighted by Crippen LogP contribution is -2.17. The van der Waals surface area contributed by atoms with E-state index < -0.39 is 0 Å². The van der Waals surface area contributed by atoms with E-state index in [4.69, 9.17) is 0 Å². The predicted octanol–water partition coefficient (Wildman–Crippen LogP) is 3.54. The van der Waals surface area contributed by atoms with Crippen LogP contribution in [0.4, 0.5) is 11.4 Å². The van der Waals surface area contributed by atoms with E-state index in [-0.39, 0.29) is 10.6 Å². The SMILES string of the molecule is CC1CCCC1C1CNc2c1cccc2[N+](=O)[O-]. The maximum atomic E-state index is 11.0. The molecule has 2 aliphatic rings. The minimum Gasteiger partial charge on any atom is -0.379 e. The first kappa shape index (κ1) is 11.5. The van der Waals surface area contributed by atoms with Gasteiger partial charge in [-0.2, -0.15) is 0 Å². The molecular weight excluding hydrogens is 228 g/mol. The Bertz CT molecular complexity index is 487. The zero-order valence-corrected chi connectivity index (χ0v) is 10.6. The van der Waals surface area contributed by atoms with E-state index in [1.807, 2.05) is 6.07 Å². The van der Waals surface area contributed by atoms with Gasteiger partial charge in [0.15, 0.2) is 0 Å². The second kappa shape index (κ2) is 4.26. The first-order valence-electron chi connectivity index (χ1n) is 6.69. The minimum absolute atomic E-state index is 0.223. The molecule has 0 bridgehead atoms. The van der Waals surface area contributed by atoms with Crippen molar-refractivity contribution in [2.45, 2.75) is 32.1 Å². The Labute approximate surface area is 107 Å². The molecule has 1 N–H and O–H groups in total. The Kier molecular flexibility index (Phi) is 2.73. The van der Waals surface area contributed by atoms with Crippen LogP contribution >= 0.6 is 0 Å². The summed E-state index contributed by atoms with van der Waals surface area (Å²) in [5.74, 6) is 1.88. The smallest absolute Gasteiger partial charge is 0.292 e. The van der Waals surface area contributed by atoms with Gasteiger partial charge in [0.05, 0.1) is 4.92 Å². The summed E-state index contributed by atoms with van der Waals surface area (Å²) in [6.45, 7) is 3.17. The van der Waals surface area contributed by atoms with Crippen molar-refractivity contribution in [2.24, 2.45) is 11.8 Å². The van der Waals surface area contributed by atoms with Crippen molar-refractivity contribution in [2.75, 3.05) is 11.9 Å². The molecule has 1 aliphatic heterocycles. The highest BCUT2D eigenvalue weighted by atomic mass is 16.6. The Morgan fingerprint density at radius 3 is 2.89 bits per heavy atom. The van der Waals surface area contributed by atoms with Crippen molar-refractivity contribution >= 4 is 11.4 Å². The van der Waals surface area contributed by atoms with Crippen LogP contribution in [0, 0.1) is 22.0 Å². The molecule has 3 atom stereocenters. The van der Waals surface area contributed by atoms with Crippen LogP contribution in [0.5, 0.6) is 0 Å². The van der Waals surface area contributed by atoms with E-state index in [1.54, 1.807) is 6.07 Å². The molecule has 1 fully saturated rings. The average Bonchev–Trinajstić information content (AvgIpc) is 2.93. The Morgan fingerprint density at radius 2 is 2.22 bits per heavy atom. The monoisotopic (exact) mass is 246 g/mol. The molecule has 1 heterocycles. The number of nitrogens with one attached hydrogen (secondary N) is 1. The summed E-state index contributed by atoms with van der Waals surface area (Å²) in [5, 5.41) is 14.3. The van der Waals surface area contributed by atoms with Crippen LogP contribution in [0.2, 0.25) is 0 Å². The van der Waals surface area contributed by atoms with Crippen LogP contribution in [0.3, 0.4) is 0 Å². The van der Waals surface area contributed by atoms with Gasteiger partial charge in [-0.1, -0.05) is 31.9 Å². The number of nitro groups is 1. The topological polar surface area (TPSA) is 55.2 Å². The van der Waals surface area contributed by atoms with Gasteiger partial charge < -0.3 is 5.32 Å². The van der Waals surface area contributed by atoms with E-state index in [1.165, 1.54) is 19.3 Å². The molecule has 0 spiro atoms. The first-order chi connectivity index (χ1) is 8.68. The summed E-state index contributed by atoms with van der Waals surface area (Å²) in [6.07, 6.45) is 3.85. The van der Waals surface area contributed by atoms with E-state index >= 15 is 0 Å². The molecule has 1 aromatic carbocycles. The van der Waals surface area contributed by atoms with Crippen LogP contribution in [-0.4, -0.2) is 11.5 Å². The Hall–Kier alpha value is -1.58. The van der Waals surface area contributed by atoms with Gasteiger partial charge in [0.2, 0.25) is 0 Å². The highest BCUT2D eigenvalue weighted by Gasteiger charge is 2.37. The quantitative estimate of drug-likeness (QED) is 0.641. The fraction of sp³-hybridized carbons (Fsp3) is 0.571. The highest BCUT2D eigenvalue weighted by molar-refractivity contribution is 5.70. The zero-order valence-electron chi connectivity index (χ0n) is 10.6. The first-order valence-corrected chi connectivity index (χ1v) is 6.69. The summed E-state index contributed by atoms with van der Waals surface area (Å²) < 4.78 is 0. The highest BCUT2D eigenvalue weighted by Crippen LogP contribution is 2.48. The lowest BCUT2D eigenvalue weighted by atomic mass is 9.81. The van der Waals surface area contributed by atoms with E-state index in [0.29, 0.717) is 11.8 Å². The lowest BCUT2D eigenvalue weighted by molar-refractivity contribution is -0.383. The molecule has 0 saturated heterocycles. The van der Waals surface area contributed by atoms with Gasteiger partial charge in [-0.05, 0) is 23.8 Å². The van der Waals surface area contributed by atoms with E-state index in [0.717, 1.165) is 23.7 Å². The molecule has 4 nitrogen and oxygen atoms in total. The molecule has 0 aromatic heterocycles. The van der Waals surface area contributed by atoms with Gasteiger partial charge in [-0.25, -0.2) is 0 Å². The van der Waals surface area contributed by atoms with Crippen molar-refractivity contribution in [1.82, 2.24) is 0 Å². The number of nitrogens with zero attached hydrogens (tertiary/aromatic N) is 1. The van der Waals surface area contributed by atoms with Crippen molar-refractivity contribution in [3.05, 3.63) is 33.9 Å². The van der Waals surface area contributed by atoms with Gasteiger partial charge >= 0.3 is 0 Å². The van der Waals surface area contributed by atoms with Crippen LogP contribution in [0.1, 0.15) is 37.7 Å². The molecule has 1 aliphatic carbocycles. The Balaban J connectivity index is 1.97. The molecule has 0 amide bonds. The third-order valence-electron chi connectivity index (χ3n) is 4.61. The lowest BCUT2D eigenvalue weighted by Gasteiger charge is -2.22.